The predicted octanol–water partition coefficient (Wildman–Crippen LogP) is 8.56. The fraction of sp³-hybridized carbons (Fsp3) is 0.957. The van der Waals surface area contributed by atoms with Crippen LogP contribution in [0.2, 0.25) is 0 Å². The summed E-state index contributed by atoms with van der Waals surface area (Å²) in [6, 6.07) is 0. The summed E-state index contributed by atoms with van der Waals surface area (Å²) in [6.07, 6.45) is 24.9. The molecule has 0 N–H and O–H groups in total. The van der Waals surface area contributed by atoms with Crippen molar-refractivity contribution < 1.29 is 0 Å². The first kappa shape index (κ1) is 26.2. The molecule has 0 aromatic carbocycles. The molecule has 0 spiro atoms. The van der Waals surface area contributed by atoms with Crippen LogP contribution < -0.4 is 0 Å². The van der Waals surface area contributed by atoms with Gasteiger partial charge >= 0.3 is 0 Å². The molecular formula is C23H47NS2. The van der Waals surface area contributed by atoms with Crippen molar-refractivity contribution in [2.45, 2.75) is 129 Å². The molecule has 0 atom stereocenters. The molecule has 0 aromatic rings. The molecular weight excluding hydrogens is 354 g/mol. The third-order valence-electron chi connectivity index (χ3n) is 5.33. The Balaban J connectivity index is 3.47. The van der Waals surface area contributed by atoms with Crippen molar-refractivity contribution in [3.8, 4) is 0 Å². The summed E-state index contributed by atoms with van der Waals surface area (Å²) in [5.41, 5.74) is 0. The van der Waals surface area contributed by atoms with E-state index in [1.807, 2.05) is 0 Å². The highest BCUT2D eigenvalue weighted by Crippen LogP contribution is 2.12. The molecule has 1 nitrogen and oxygen atoms in total. The van der Waals surface area contributed by atoms with Crippen molar-refractivity contribution >= 4 is 29.2 Å². The number of thiol groups is 1. The van der Waals surface area contributed by atoms with Crippen molar-refractivity contribution in [2.75, 3.05) is 13.1 Å². The van der Waals surface area contributed by atoms with E-state index in [-0.39, 0.29) is 0 Å². The summed E-state index contributed by atoms with van der Waals surface area (Å²) in [5.74, 6) is 0. The normalized spacial score (nSPS) is 11.0. The van der Waals surface area contributed by atoms with Crippen LogP contribution in [0.1, 0.15) is 129 Å². The van der Waals surface area contributed by atoms with Crippen LogP contribution in [0.15, 0.2) is 0 Å². The van der Waals surface area contributed by atoms with Gasteiger partial charge in [0.1, 0.15) is 4.32 Å². The highest BCUT2D eigenvalue weighted by Gasteiger charge is 2.05. The molecule has 0 heterocycles. The first-order chi connectivity index (χ1) is 12.7. The smallest absolute Gasteiger partial charge is 0.133 e. The Morgan fingerprint density at radius 3 is 1.08 bits per heavy atom. The van der Waals surface area contributed by atoms with E-state index in [0.29, 0.717) is 0 Å². The Hall–Kier alpha value is 0.240. The van der Waals surface area contributed by atoms with Crippen LogP contribution in [-0.4, -0.2) is 22.3 Å². The van der Waals surface area contributed by atoms with Gasteiger partial charge in [-0.1, -0.05) is 129 Å². The highest BCUT2D eigenvalue weighted by atomic mass is 32.1. The lowest BCUT2D eigenvalue weighted by Crippen LogP contribution is -2.28. The maximum atomic E-state index is 5.33. The van der Waals surface area contributed by atoms with E-state index in [4.69, 9.17) is 12.2 Å². The third kappa shape index (κ3) is 19.0. The van der Waals surface area contributed by atoms with Crippen molar-refractivity contribution in [1.82, 2.24) is 4.90 Å². The topological polar surface area (TPSA) is 3.24 Å². The van der Waals surface area contributed by atoms with Crippen molar-refractivity contribution in [2.24, 2.45) is 0 Å². The first-order valence-electron chi connectivity index (χ1n) is 11.7. The molecule has 0 aromatic heterocycles. The van der Waals surface area contributed by atoms with Crippen LogP contribution in [0.4, 0.5) is 0 Å². The van der Waals surface area contributed by atoms with Crippen LogP contribution in [-0.2, 0) is 0 Å². The van der Waals surface area contributed by atoms with E-state index in [9.17, 15) is 0 Å². The van der Waals surface area contributed by atoms with Gasteiger partial charge in [-0.05, 0) is 12.8 Å². The van der Waals surface area contributed by atoms with Gasteiger partial charge in [0, 0.05) is 13.1 Å². The van der Waals surface area contributed by atoms with E-state index < -0.39 is 0 Å². The minimum atomic E-state index is 0.795. The zero-order chi connectivity index (χ0) is 19.3. The Labute approximate surface area is 176 Å². The largest absolute Gasteiger partial charge is 0.358 e. The summed E-state index contributed by atoms with van der Waals surface area (Å²) in [7, 11) is 0. The lowest BCUT2D eigenvalue weighted by molar-refractivity contribution is 0.394. The van der Waals surface area contributed by atoms with E-state index >= 15 is 0 Å². The summed E-state index contributed by atoms with van der Waals surface area (Å²) in [5, 5.41) is 0. The highest BCUT2D eigenvalue weighted by molar-refractivity contribution is 8.10. The molecule has 26 heavy (non-hydrogen) atoms. The lowest BCUT2D eigenvalue weighted by atomic mass is 10.1. The maximum absolute atomic E-state index is 5.33. The van der Waals surface area contributed by atoms with Gasteiger partial charge < -0.3 is 4.90 Å². The molecule has 0 amide bonds. The molecule has 0 fully saturated rings. The quantitative estimate of drug-likeness (QED) is 0.124. The predicted molar refractivity (Wildman–Crippen MR) is 128 cm³/mol. The summed E-state index contributed by atoms with van der Waals surface area (Å²) in [6.45, 7) is 6.78. The van der Waals surface area contributed by atoms with Crippen molar-refractivity contribution in [3.63, 3.8) is 0 Å². The second-order valence-corrected chi connectivity index (χ2v) is 9.04. The van der Waals surface area contributed by atoms with E-state index in [2.05, 4.69) is 31.4 Å². The molecule has 0 aliphatic carbocycles. The van der Waals surface area contributed by atoms with Crippen molar-refractivity contribution in [3.05, 3.63) is 0 Å². The summed E-state index contributed by atoms with van der Waals surface area (Å²) in [4.78, 5) is 2.32. The minimum absolute atomic E-state index is 0.795. The Bertz CT molecular complexity index is 272. The van der Waals surface area contributed by atoms with E-state index in [1.165, 1.54) is 116 Å². The average molecular weight is 402 g/mol. The van der Waals surface area contributed by atoms with E-state index in [0.717, 1.165) is 17.4 Å². The standard InChI is InChI=1S/C23H47NS2/c1-3-5-7-9-11-13-15-17-19-21-24(23(25)26)22-20-18-16-14-12-10-8-6-4-2/h3-22H2,1-2H3,(H,25,26). The average Bonchev–Trinajstić information content (AvgIpc) is 2.63. The number of thiocarbonyl (C=S) groups is 1. The van der Waals surface area contributed by atoms with Gasteiger partial charge in [-0.25, -0.2) is 0 Å². The summed E-state index contributed by atoms with van der Waals surface area (Å²) < 4.78 is 0.795. The molecule has 0 saturated carbocycles. The molecule has 0 saturated heterocycles. The number of rotatable bonds is 20. The molecule has 0 unspecified atom stereocenters. The molecule has 0 aliphatic rings. The molecule has 0 rings (SSSR count). The number of nitrogens with zero attached hydrogens (tertiary/aromatic N) is 1. The van der Waals surface area contributed by atoms with Crippen LogP contribution in [0.25, 0.3) is 0 Å². The fourth-order valence-electron chi connectivity index (χ4n) is 3.53. The van der Waals surface area contributed by atoms with E-state index in [1.54, 1.807) is 0 Å². The number of hydrogen-bond acceptors (Lipinski definition) is 1. The van der Waals surface area contributed by atoms with Gasteiger partial charge in [0.15, 0.2) is 0 Å². The van der Waals surface area contributed by atoms with Gasteiger partial charge in [-0.2, -0.15) is 0 Å². The number of unbranched alkanes of at least 4 members (excludes halogenated alkanes) is 16. The zero-order valence-corrected chi connectivity index (χ0v) is 19.7. The minimum Gasteiger partial charge on any atom is -0.358 e. The molecule has 0 bridgehead atoms. The van der Waals surface area contributed by atoms with Crippen LogP contribution in [0.5, 0.6) is 0 Å². The monoisotopic (exact) mass is 401 g/mol. The van der Waals surface area contributed by atoms with Gasteiger partial charge in [0.05, 0.1) is 0 Å². The third-order valence-corrected chi connectivity index (χ3v) is 5.87. The van der Waals surface area contributed by atoms with Gasteiger partial charge in [-0.3, -0.25) is 0 Å². The lowest BCUT2D eigenvalue weighted by Gasteiger charge is -2.22. The first-order valence-corrected chi connectivity index (χ1v) is 12.6. The molecule has 3 heteroatoms. The van der Waals surface area contributed by atoms with Gasteiger partial charge in [-0.15, -0.1) is 12.6 Å². The van der Waals surface area contributed by atoms with Gasteiger partial charge in [0.25, 0.3) is 0 Å². The summed E-state index contributed by atoms with van der Waals surface area (Å²) >= 11 is 9.76. The van der Waals surface area contributed by atoms with Crippen molar-refractivity contribution in [1.29, 1.82) is 0 Å². The Morgan fingerprint density at radius 2 is 0.808 bits per heavy atom. The molecule has 156 valence electrons. The number of hydrogen-bond donors (Lipinski definition) is 1. The van der Waals surface area contributed by atoms with Crippen LogP contribution in [0, 0.1) is 0 Å². The van der Waals surface area contributed by atoms with Crippen LogP contribution >= 0.6 is 24.8 Å². The van der Waals surface area contributed by atoms with Gasteiger partial charge in [0.2, 0.25) is 0 Å². The zero-order valence-electron chi connectivity index (χ0n) is 17.9. The molecule has 0 radical (unpaired) electrons. The molecule has 0 aliphatic heterocycles. The Morgan fingerprint density at radius 1 is 0.538 bits per heavy atom. The SMILES string of the molecule is CCCCCCCCCCCN(CCCCCCCCCCC)C(=S)S. The second-order valence-electron chi connectivity index (χ2n) is 7.93. The fourth-order valence-corrected chi connectivity index (χ4v) is 3.91. The maximum Gasteiger partial charge on any atom is 0.133 e. The second kappa shape index (κ2) is 21.5. The Kier molecular flexibility index (Phi) is 21.7. The van der Waals surface area contributed by atoms with Crippen LogP contribution in [0.3, 0.4) is 0 Å².